The molecule has 2 heterocycles. The lowest BCUT2D eigenvalue weighted by Crippen LogP contribution is -2.12. The molecule has 0 atom stereocenters. The zero-order chi connectivity index (χ0) is 17.8. The average molecular weight is 358 g/mol. The normalized spacial score (nSPS) is 10.8. The van der Waals surface area contributed by atoms with Gasteiger partial charge in [0.25, 0.3) is 5.22 Å². The van der Waals surface area contributed by atoms with Crippen LogP contribution in [0.5, 0.6) is 0 Å². The van der Waals surface area contributed by atoms with Crippen LogP contribution in [0.4, 0.5) is 5.82 Å². The van der Waals surface area contributed by atoms with Gasteiger partial charge in [0.1, 0.15) is 5.76 Å². The van der Waals surface area contributed by atoms with Crippen molar-refractivity contribution in [3.8, 4) is 11.5 Å². The Morgan fingerprint density at radius 1 is 1.12 bits per heavy atom. The summed E-state index contributed by atoms with van der Waals surface area (Å²) in [5.41, 5.74) is 3.18. The third-order valence-electron chi connectivity index (χ3n) is 3.33. The number of hydrogen-bond donors (Lipinski definition) is 1. The highest BCUT2D eigenvalue weighted by atomic mass is 32.2. The number of thioether (sulfide) groups is 1. The summed E-state index contributed by atoms with van der Waals surface area (Å²) >= 11 is 1.34. The van der Waals surface area contributed by atoms with Crippen LogP contribution in [0.3, 0.4) is 0 Å². The molecular formula is C17H18N4O3S. The molecule has 0 radical (unpaired) electrons. The lowest BCUT2D eigenvalue weighted by atomic mass is 10.1. The van der Waals surface area contributed by atoms with Crippen molar-refractivity contribution in [2.24, 2.45) is 0 Å². The van der Waals surface area contributed by atoms with Crippen LogP contribution in [0, 0.1) is 20.8 Å². The molecule has 0 bridgehead atoms. The molecule has 8 heteroatoms. The van der Waals surface area contributed by atoms with Crippen molar-refractivity contribution in [3.63, 3.8) is 0 Å². The van der Waals surface area contributed by atoms with Gasteiger partial charge in [0.15, 0.2) is 5.82 Å². The van der Waals surface area contributed by atoms with E-state index in [2.05, 4.69) is 26.7 Å². The molecule has 1 aromatic carbocycles. The van der Waals surface area contributed by atoms with Crippen LogP contribution in [0.15, 0.2) is 38.4 Å². The van der Waals surface area contributed by atoms with Crippen LogP contribution in [0.1, 0.15) is 23.3 Å². The molecule has 1 N–H and O–H groups in total. The zero-order valence-electron chi connectivity index (χ0n) is 14.2. The number of anilines is 1. The Morgan fingerprint density at radius 2 is 1.88 bits per heavy atom. The Bertz CT molecular complexity index is 867. The fourth-order valence-electron chi connectivity index (χ4n) is 2.34. The van der Waals surface area contributed by atoms with E-state index in [0.717, 1.165) is 16.7 Å². The number of nitrogens with one attached hydrogen (secondary N) is 1. The molecule has 0 aliphatic heterocycles. The topological polar surface area (TPSA) is 94.1 Å². The second kappa shape index (κ2) is 7.52. The number of aromatic nitrogens is 3. The molecule has 7 nitrogen and oxygen atoms in total. The Hall–Kier alpha value is -2.61. The first-order chi connectivity index (χ1) is 12.0. The number of carbonyl (C=O) groups is 1. The largest absolute Gasteiger partial charge is 0.411 e. The average Bonchev–Trinajstić information content (AvgIpc) is 3.16. The molecule has 0 aliphatic carbocycles. The summed E-state index contributed by atoms with van der Waals surface area (Å²) in [6.45, 7) is 5.82. The van der Waals surface area contributed by atoms with E-state index in [4.69, 9.17) is 8.94 Å². The van der Waals surface area contributed by atoms with E-state index in [1.165, 1.54) is 11.8 Å². The van der Waals surface area contributed by atoms with Crippen molar-refractivity contribution >= 4 is 23.5 Å². The van der Waals surface area contributed by atoms with Gasteiger partial charge >= 0.3 is 0 Å². The first-order valence-corrected chi connectivity index (χ1v) is 8.76. The molecule has 0 unspecified atom stereocenters. The standard InChI is InChI=1S/C17H18N4O3S/c1-10-6-11(2)8-13(7-10)16-19-20-17(23-16)25-5-4-15(22)18-14-9-12(3)24-21-14/h6-9H,4-5H2,1-3H3,(H,18,21,22). The summed E-state index contributed by atoms with van der Waals surface area (Å²) in [6.07, 6.45) is 0.303. The first-order valence-electron chi connectivity index (χ1n) is 7.78. The molecule has 130 valence electrons. The summed E-state index contributed by atoms with van der Waals surface area (Å²) in [5, 5.41) is 14.9. The van der Waals surface area contributed by atoms with Gasteiger partial charge in [0.05, 0.1) is 0 Å². The Morgan fingerprint density at radius 3 is 2.56 bits per heavy atom. The molecule has 3 rings (SSSR count). The number of rotatable bonds is 6. The van der Waals surface area contributed by atoms with Gasteiger partial charge in [-0.1, -0.05) is 34.1 Å². The van der Waals surface area contributed by atoms with Crippen molar-refractivity contribution in [3.05, 3.63) is 41.2 Å². The van der Waals surface area contributed by atoms with Crippen molar-refractivity contribution in [1.82, 2.24) is 15.4 Å². The van der Waals surface area contributed by atoms with Gasteiger partial charge in [-0.05, 0) is 32.9 Å². The van der Waals surface area contributed by atoms with Gasteiger partial charge in [-0.25, -0.2) is 0 Å². The molecule has 2 aromatic heterocycles. The summed E-state index contributed by atoms with van der Waals surface area (Å²) in [4.78, 5) is 11.8. The third kappa shape index (κ3) is 4.69. The maximum Gasteiger partial charge on any atom is 0.276 e. The van der Waals surface area contributed by atoms with Gasteiger partial charge < -0.3 is 14.3 Å². The molecule has 0 spiro atoms. The predicted octanol–water partition coefficient (Wildman–Crippen LogP) is 3.77. The quantitative estimate of drug-likeness (QED) is 0.670. The minimum Gasteiger partial charge on any atom is -0.411 e. The van der Waals surface area contributed by atoms with Gasteiger partial charge in [-0.15, -0.1) is 10.2 Å². The Kier molecular flexibility index (Phi) is 5.18. The van der Waals surface area contributed by atoms with Gasteiger partial charge in [-0.3, -0.25) is 4.79 Å². The Labute approximate surface area is 149 Å². The summed E-state index contributed by atoms with van der Waals surface area (Å²) in [6, 6.07) is 7.76. The van der Waals surface area contributed by atoms with Crippen LogP contribution in [0.2, 0.25) is 0 Å². The number of nitrogens with zero attached hydrogens (tertiary/aromatic N) is 3. The van der Waals surface area contributed by atoms with E-state index < -0.39 is 0 Å². The van der Waals surface area contributed by atoms with E-state index in [0.29, 0.717) is 34.9 Å². The fraction of sp³-hybridized carbons (Fsp3) is 0.294. The molecule has 1 amide bonds. The van der Waals surface area contributed by atoms with E-state index in [1.54, 1.807) is 13.0 Å². The summed E-state index contributed by atoms with van der Waals surface area (Å²) in [7, 11) is 0. The lowest BCUT2D eigenvalue weighted by molar-refractivity contribution is -0.115. The number of aryl methyl sites for hydroxylation is 3. The first kappa shape index (κ1) is 17.2. The van der Waals surface area contributed by atoms with E-state index in [1.807, 2.05) is 26.0 Å². The molecule has 0 saturated heterocycles. The number of carbonyl (C=O) groups excluding carboxylic acids is 1. The van der Waals surface area contributed by atoms with E-state index in [9.17, 15) is 4.79 Å². The summed E-state index contributed by atoms with van der Waals surface area (Å²) in [5.74, 6) is 1.93. The third-order valence-corrected chi connectivity index (χ3v) is 4.15. The lowest BCUT2D eigenvalue weighted by Gasteiger charge is -2.00. The van der Waals surface area contributed by atoms with Crippen molar-refractivity contribution in [1.29, 1.82) is 0 Å². The fourth-order valence-corrected chi connectivity index (χ4v) is 3.04. The van der Waals surface area contributed by atoms with Gasteiger partial charge in [0.2, 0.25) is 11.8 Å². The van der Waals surface area contributed by atoms with Gasteiger partial charge in [0, 0.05) is 23.8 Å². The highest BCUT2D eigenvalue weighted by Gasteiger charge is 2.11. The van der Waals surface area contributed by atoms with Crippen LogP contribution >= 0.6 is 11.8 Å². The molecule has 25 heavy (non-hydrogen) atoms. The van der Waals surface area contributed by atoms with Crippen molar-refractivity contribution in [2.45, 2.75) is 32.4 Å². The number of hydrogen-bond acceptors (Lipinski definition) is 7. The van der Waals surface area contributed by atoms with Crippen LogP contribution < -0.4 is 5.32 Å². The molecule has 3 aromatic rings. The SMILES string of the molecule is Cc1cc(C)cc(-c2nnc(SCCC(=O)Nc3cc(C)on3)o2)c1. The smallest absolute Gasteiger partial charge is 0.276 e. The minimum absolute atomic E-state index is 0.144. The summed E-state index contributed by atoms with van der Waals surface area (Å²) < 4.78 is 10.6. The van der Waals surface area contributed by atoms with E-state index >= 15 is 0 Å². The highest BCUT2D eigenvalue weighted by Crippen LogP contribution is 2.25. The molecule has 0 aliphatic rings. The van der Waals surface area contributed by atoms with Crippen LogP contribution in [0.25, 0.3) is 11.5 Å². The highest BCUT2D eigenvalue weighted by molar-refractivity contribution is 7.99. The van der Waals surface area contributed by atoms with Gasteiger partial charge in [-0.2, -0.15) is 0 Å². The second-order valence-corrected chi connectivity index (χ2v) is 6.77. The van der Waals surface area contributed by atoms with Crippen LogP contribution in [-0.4, -0.2) is 27.0 Å². The number of amides is 1. The molecule has 0 saturated carbocycles. The molecule has 0 fully saturated rings. The molecular weight excluding hydrogens is 340 g/mol. The minimum atomic E-state index is -0.144. The van der Waals surface area contributed by atoms with Crippen molar-refractivity contribution in [2.75, 3.05) is 11.1 Å². The monoisotopic (exact) mass is 358 g/mol. The maximum absolute atomic E-state index is 11.8. The van der Waals surface area contributed by atoms with E-state index in [-0.39, 0.29) is 5.91 Å². The van der Waals surface area contributed by atoms with Crippen molar-refractivity contribution < 1.29 is 13.7 Å². The zero-order valence-corrected chi connectivity index (χ0v) is 15.0. The Balaban J connectivity index is 1.52. The maximum atomic E-state index is 11.8. The predicted molar refractivity (Wildman–Crippen MR) is 94.4 cm³/mol. The van der Waals surface area contributed by atoms with Crippen LogP contribution in [-0.2, 0) is 4.79 Å². The number of benzene rings is 1. The second-order valence-electron chi connectivity index (χ2n) is 5.72.